The molecule has 0 saturated carbocycles. The molecule has 0 radical (unpaired) electrons. The number of furan rings is 1. The van der Waals surface area contributed by atoms with Crippen LogP contribution in [0.15, 0.2) is 15.5 Å². The summed E-state index contributed by atoms with van der Waals surface area (Å²) in [6.45, 7) is 2.44. The minimum atomic E-state index is -0.954. The van der Waals surface area contributed by atoms with Gasteiger partial charge in [-0.25, -0.2) is 0 Å². The Hall–Kier alpha value is -1.37. The fourth-order valence-corrected chi connectivity index (χ4v) is 2.56. The fraction of sp³-hybridized carbons (Fsp3) is 0.615. The molecular formula is C13H18N2O4. The Morgan fingerprint density at radius 1 is 1.53 bits per heavy atom. The Balaban J connectivity index is 1.81. The highest BCUT2D eigenvalue weighted by atomic mass is 16.6. The highest BCUT2D eigenvalue weighted by Crippen LogP contribution is 2.25. The number of aliphatic hydroxyl groups is 1. The summed E-state index contributed by atoms with van der Waals surface area (Å²) < 4.78 is 16.3. The first-order valence-corrected chi connectivity index (χ1v) is 6.43. The van der Waals surface area contributed by atoms with E-state index in [-0.39, 0.29) is 12.3 Å². The molecule has 0 aromatic carbocycles. The average molecular weight is 266 g/mol. The summed E-state index contributed by atoms with van der Waals surface area (Å²) in [5, 5.41) is 10.9. The van der Waals surface area contributed by atoms with Crippen LogP contribution in [0.5, 0.6) is 0 Å². The van der Waals surface area contributed by atoms with E-state index in [0.717, 1.165) is 23.8 Å². The van der Waals surface area contributed by atoms with Crippen LogP contribution in [-0.4, -0.2) is 42.4 Å². The fourth-order valence-electron chi connectivity index (χ4n) is 2.56. The van der Waals surface area contributed by atoms with E-state index in [1.165, 1.54) is 0 Å². The number of aliphatic hydroxyl groups excluding tert-OH is 1. The maximum absolute atomic E-state index is 10.1. The van der Waals surface area contributed by atoms with Gasteiger partial charge in [-0.1, -0.05) is 0 Å². The van der Waals surface area contributed by atoms with Gasteiger partial charge in [0.05, 0.1) is 17.9 Å². The molecule has 3 heterocycles. The van der Waals surface area contributed by atoms with E-state index in [0.29, 0.717) is 12.2 Å². The summed E-state index contributed by atoms with van der Waals surface area (Å²) in [5.74, 6) is 0.781. The molecule has 6 heteroatoms. The molecule has 1 aromatic rings. The number of ether oxygens (including phenoxy) is 2. The molecular weight excluding hydrogens is 248 g/mol. The molecule has 1 aromatic heterocycles. The Labute approximate surface area is 110 Å². The SMILES string of the molecule is COC[C@H]1CC[C@@H](N2C=c3cc(C)oc3=NC2O)O1. The standard InChI is InChI=1S/C13H18N2O4/c1-8-5-9-6-15(13(16)14-12(9)18-8)11-4-3-10(19-11)7-17-2/h5-6,10-11,13,16H,3-4,7H2,1-2H3/t10-,11+,13?/m1/s1. The number of methoxy groups -OCH3 is 1. The van der Waals surface area contributed by atoms with Crippen molar-refractivity contribution < 1.29 is 19.0 Å². The third-order valence-corrected chi connectivity index (χ3v) is 3.42. The Bertz CT molecular complexity index is 568. The molecule has 1 fully saturated rings. The van der Waals surface area contributed by atoms with Crippen molar-refractivity contribution in [1.29, 1.82) is 0 Å². The van der Waals surface area contributed by atoms with Crippen molar-refractivity contribution in [2.75, 3.05) is 13.7 Å². The largest absolute Gasteiger partial charge is 0.443 e. The van der Waals surface area contributed by atoms with Gasteiger partial charge in [-0.3, -0.25) is 0 Å². The van der Waals surface area contributed by atoms with Gasteiger partial charge in [-0.05, 0) is 25.8 Å². The molecule has 0 aliphatic carbocycles. The molecule has 3 atom stereocenters. The highest BCUT2D eigenvalue weighted by Gasteiger charge is 2.32. The van der Waals surface area contributed by atoms with E-state index in [1.54, 1.807) is 12.0 Å². The first kappa shape index (κ1) is 12.7. The molecule has 1 unspecified atom stereocenters. The Morgan fingerprint density at radius 3 is 3.16 bits per heavy atom. The third kappa shape index (κ3) is 2.39. The lowest BCUT2D eigenvalue weighted by Crippen LogP contribution is -2.45. The van der Waals surface area contributed by atoms with Crippen LogP contribution in [0.2, 0.25) is 0 Å². The van der Waals surface area contributed by atoms with Gasteiger partial charge in [0, 0.05) is 13.3 Å². The number of nitrogens with zero attached hydrogens (tertiary/aromatic N) is 2. The molecule has 0 bridgehead atoms. The number of hydrogen-bond acceptors (Lipinski definition) is 6. The lowest BCUT2D eigenvalue weighted by molar-refractivity contribution is -0.101. The van der Waals surface area contributed by atoms with Crippen LogP contribution in [0.3, 0.4) is 0 Å². The Morgan fingerprint density at radius 2 is 2.37 bits per heavy atom. The van der Waals surface area contributed by atoms with Crippen molar-refractivity contribution in [3.05, 3.63) is 22.6 Å². The minimum Gasteiger partial charge on any atom is -0.443 e. The Kier molecular flexibility index (Phi) is 3.30. The first-order valence-electron chi connectivity index (χ1n) is 6.43. The number of aryl methyl sites for hydroxylation is 1. The van der Waals surface area contributed by atoms with E-state index in [1.807, 2.05) is 19.2 Å². The van der Waals surface area contributed by atoms with Crippen molar-refractivity contribution in [2.45, 2.75) is 38.4 Å². The predicted octanol–water partition coefficient (Wildman–Crippen LogP) is -0.311. The highest BCUT2D eigenvalue weighted by molar-refractivity contribution is 5.24. The smallest absolute Gasteiger partial charge is 0.230 e. The molecule has 1 N–H and O–H groups in total. The number of fused-ring (bicyclic) bond motifs is 1. The first-order chi connectivity index (χ1) is 9.17. The minimum absolute atomic E-state index is 0.0862. The van der Waals surface area contributed by atoms with Crippen LogP contribution in [-0.2, 0) is 9.47 Å². The zero-order valence-electron chi connectivity index (χ0n) is 11.1. The second-order valence-corrected chi connectivity index (χ2v) is 4.91. The molecule has 2 aliphatic rings. The van der Waals surface area contributed by atoms with Gasteiger partial charge in [0.2, 0.25) is 11.9 Å². The van der Waals surface area contributed by atoms with Crippen molar-refractivity contribution in [2.24, 2.45) is 4.99 Å². The van der Waals surface area contributed by atoms with E-state index in [2.05, 4.69) is 4.99 Å². The van der Waals surface area contributed by atoms with Crippen LogP contribution in [0.4, 0.5) is 0 Å². The molecule has 3 rings (SSSR count). The second kappa shape index (κ2) is 4.96. The average Bonchev–Trinajstić information content (AvgIpc) is 2.94. The molecule has 2 aliphatic heterocycles. The molecule has 19 heavy (non-hydrogen) atoms. The van der Waals surface area contributed by atoms with Crippen molar-refractivity contribution >= 4 is 6.20 Å². The van der Waals surface area contributed by atoms with Crippen molar-refractivity contribution in [3.63, 3.8) is 0 Å². The second-order valence-electron chi connectivity index (χ2n) is 4.91. The quantitative estimate of drug-likeness (QED) is 0.813. The van der Waals surface area contributed by atoms with Gasteiger partial charge >= 0.3 is 0 Å². The summed E-state index contributed by atoms with van der Waals surface area (Å²) in [6, 6.07) is 1.90. The van der Waals surface area contributed by atoms with Crippen molar-refractivity contribution in [1.82, 2.24) is 4.90 Å². The van der Waals surface area contributed by atoms with E-state index in [4.69, 9.17) is 13.9 Å². The molecule has 1 saturated heterocycles. The summed E-state index contributed by atoms with van der Waals surface area (Å²) in [5.41, 5.74) is 0.479. The predicted molar refractivity (Wildman–Crippen MR) is 66.3 cm³/mol. The zero-order valence-corrected chi connectivity index (χ0v) is 11.1. The molecule has 0 amide bonds. The molecule has 0 spiro atoms. The lowest BCUT2D eigenvalue weighted by Gasteiger charge is -2.30. The van der Waals surface area contributed by atoms with E-state index < -0.39 is 6.35 Å². The van der Waals surface area contributed by atoms with Gasteiger partial charge in [-0.2, -0.15) is 4.99 Å². The topological polar surface area (TPSA) is 67.4 Å². The third-order valence-electron chi connectivity index (χ3n) is 3.42. The monoisotopic (exact) mass is 266 g/mol. The number of hydrogen-bond donors (Lipinski definition) is 1. The van der Waals surface area contributed by atoms with Crippen LogP contribution in [0, 0.1) is 6.92 Å². The van der Waals surface area contributed by atoms with Crippen LogP contribution >= 0.6 is 0 Å². The van der Waals surface area contributed by atoms with Crippen molar-refractivity contribution in [3.8, 4) is 0 Å². The lowest BCUT2D eigenvalue weighted by atomic mass is 10.2. The maximum Gasteiger partial charge on any atom is 0.230 e. The van der Waals surface area contributed by atoms with Gasteiger partial charge in [0.15, 0.2) is 0 Å². The summed E-state index contributed by atoms with van der Waals surface area (Å²) >= 11 is 0. The van der Waals surface area contributed by atoms with Crippen LogP contribution in [0.25, 0.3) is 6.20 Å². The molecule has 104 valence electrons. The zero-order chi connectivity index (χ0) is 13.4. The summed E-state index contributed by atoms with van der Waals surface area (Å²) in [4.78, 5) is 5.87. The van der Waals surface area contributed by atoms with E-state index in [9.17, 15) is 5.11 Å². The maximum atomic E-state index is 10.1. The summed E-state index contributed by atoms with van der Waals surface area (Å²) in [6.07, 6.45) is 2.59. The van der Waals surface area contributed by atoms with Gasteiger partial charge in [0.25, 0.3) is 0 Å². The van der Waals surface area contributed by atoms with Gasteiger partial charge in [-0.15, -0.1) is 0 Å². The summed E-state index contributed by atoms with van der Waals surface area (Å²) in [7, 11) is 1.66. The number of rotatable bonds is 3. The van der Waals surface area contributed by atoms with Gasteiger partial charge < -0.3 is 23.9 Å². The van der Waals surface area contributed by atoms with E-state index >= 15 is 0 Å². The van der Waals surface area contributed by atoms with Crippen LogP contribution in [0.1, 0.15) is 18.6 Å². The molecule has 6 nitrogen and oxygen atoms in total. The van der Waals surface area contributed by atoms with Crippen LogP contribution < -0.4 is 10.8 Å². The normalized spacial score (nSPS) is 29.8. The van der Waals surface area contributed by atoms with Gasteiger partial charge in [0.1, 0.15) is 12.0 Å².